The van der Waals surface area contributed by atoms with Gasteiger partial charge in [0, 0.05) is 30.4 Å². The first kappa shape index (κ1) is 15.3. The molecule has 1 unspecified atom stereocenters. The van der Waals surface area contributed by atoms with Gasteiger partial charge in [-0.15, -0.1) is 0 Å². The maximum atomic E-state index is 12.6. The summed E-state index contributed by atoms with van der Waals surface area (Å²) in [5.74, 6) is 0.0381. The lowest BCUT2D eigenvalue weighted by Crippen LogP contribution is -2.42. The Morgan fingerprint density at radius 1 is 1.38 bits per heavy atom. The summed E-state index contributed by atoms with van der Waals surface area (Å²) in [6, 6.07) is 6.47. The van der Waals surface area contributed by atoms with E-state index in [0.717, 1.165) is 32.5 Å². The molecule has 0 aromatic heterocycles. The van der Waals surface area contributed by atoms with Crippen molar-refractivity contribution in [3.8, 4) is 0 Å². The van der Waals surface area contributed by atoms with Crippen LogP contribution in [0.5, 0.6) is 0 Å². The first-order valence-electron chi connectivity index (χ1n) is 7.30. The van der Waals surface area contributed by atoms with Gasteiger partial charge in [-0.2, -0.15) is 0 Å². The minimum Gasteiger partial charge on any atom is -0.351 e. The van der Waals surface area contributed by atoms with Gasteiger partial charge in [-0.25, -0.2) is 4.79 Å². The Balaban J connectivity index is 2.10. The first-order valence-corrected chi connectivity index (χ1v) is 7.30. The van der Waals surface area contributed by atoms with Gasteiger partial charge in [0.2, 0.25) is 0 Å². The lowest BCUT2D eigenvalue weighted by Gasteiger charge is -2.28. The number of primary amides is 1. The fourth-order valence-electron chi connectivity index (χ4n) is 2.60. The van der Waals surface area contributed by atoms with Crippen molar-refractivity contribution in [3.63, 3.8) is 0 Å². The number of nitrogens with zero attached hydrogens (tertiary/aromatic N) is 1. The Labute approximate surface area is 124 Å². The van der Waals surface area contributed by atoms with Gasteiger partial charge in [-0.3, -0.25) is 4.79 Å². The van der Waals surface area contributed by atoms with Gasteiger partial charge in [-0.05, 0) is 43.7 Å². The molecule has 1 aliphatic heterocycles. The van der Waals surface area contributed by atoms with E-state index < -0.39 is 6.03 Å². The molecule has 6 nitrogen and oxygen atoms in total. The normalized spacial score (nSPS) is 17.5. The van der Waals surface area contributed by atoms with Crippen molar-refractivity contribution in [1.82, 2.24) is 10.2 Å². The zero-order chi connectivity index (χ0) is 15.2. The molecule has 1 heterocycles. The first-order chi connectivity index (χ1) is 10.1. The Kier molecular flexibility index (Phi) is 5.16. The van der Waals surface area contributed by atoms with Crippen LogP contribution in [0, 0.1) is 0 Å². The monoisotopic (exact) mass is 290 g/mol. The molecule has 0 saturated carbocycles. The van der Waals surface area contributed by atoms with E-state index in [0.29, 0.717) is 11.3 Å². The Bertz CT molecular complexity index is 495. The van der Waals surface area contributed by atoms with Crippen LogP contribution < -0.4 is 16.4 Å². The molecule has 0 aliphatic carbocycles. The third kappa shape index (κ3) is 3.95. The summed E-state index contributed by atoms with van der Waals surface area (Å²) in [6.07, 6.45) is 1.93. The Morgan fingerprint density at radius 3 is 2.62 bits per heavy atom. The zero-order valence-electron chi connectivity index (χ0n) is 12.3. The number of urea groups is 1. The Morgan fingerprint density at radius 2 is 2.10 bits per heavy atom. The molecule has 1 saturated heterocycles. The summed E-state index contributed by atoms with van der Waals surface area (Å²) in [6.45, 7) is 4.64. The van der Waals surface area contributed by atoms with Crippen LogP contribution in [-0.4, -0.2) is 42.5 Å². The van der Waals surface area contributed by atoms with Crippen molar-refractivity contribution in [2.45, 2.75) is 25.8 Å². The molecule has 0 spiro atoms. The van der Waals surface area contributed by atoms with E-state index in [4.69, 9.17) is 5.73 Å². The number of carbonyl (C=O) groups is 2. The molecular formula is C15H22N4O2. The highest BCUT2D eigenvalue weighted by molar-refractivity contribution is 5.95. The van der Waals surface area contributed by atoms with E-state index >= 15 is 0 Å². The number of benzene rings is 1. The number of hydrogen-bond donors (Lipinski definition) is 3. The average Bonchev–Trinajstić information content (AvgIpc) is 2.98. The van der Waals surface area contributed by atoms with Crippen LogP contribution in [0.2, 0.25) is 0 Å². The third-order valence-corrected chi connectivity index (χ3v) is 3.60. The van der Waals surface area contributed by atoms with Crippen molar-refractivity contribution in [3.05, 3.63) is 29.8 Å². The smallest absolute Gasteiger partial charge is 0.316 e. The largest absolute Gasteiger partial charge is 0.351 e. The zero-order valence-corrected chi connectivity index (χ0v) is 12.3. The molecule has 0 bridgehead atoms. The van der Waals surface area contributed by atoms with Crippen LogP contribution in [0.15, 0.2) is 24.3 Å². The molecule has 1 aromatic carbocycles. The third-order valence-electron chi connectivity index (χ3n) is 3.60. The number of nitrogens with one attached hydrogen (secondary N) is 2. The minimum absolute atomic E-state index is 0.0381. The maximum Gasteiger partial charge on any atom is 0.316 e. The second kappa shape index (κ2) is 7.08. The predicted octanol–water partition coefficient (Wildman–Crippen LogP) is 1.39. The van der Waals surface area contributed by atoms with Gasteiger partial charge in [-0.1, -0.05) is 6.92 Å². The number of amides is 3. The lowest BCUT2D eigenvalue weighted by molar-refractivity contribution is 0.0692. The highest BCUT2D eigenvalue weighted by atomic mass is 16.2. The van der Waals surface area contributed by atoms with E-state index in [1.54, 1.807) is 24.3 Å². The molecule has 114 valence electrons. The van der Waals surface area contributed by atoms with E-state index in [2.05, 4.69) is 17.6 Å². The predicted molar refractivity (Wildman–Crippen MR) is 82.3 cm³/mol. The van der Waals surface area contributed by atoms with Crippen LogP contribution in [0.4, 0.5) is 10.5 Å². The summed E-state index contributed by atoms with van der Waals surface area (Å²) in [5.41, 5.74) is 6.28. The fourth-order valence-corrected chi connectivity index (χ4v) is 2.60. The van der Waals surface area contributed by atoms with Crippen LogP contribution in [0.25, 0.3) is 0 Å². The van der Waals surface area contributed by atoms with E-state index in [-0.39, 0.29) is 11.9 Å². The molecule has 3 amide bonds. The van der Waals surface area contributed by atoms with Gasteiger partial charge in [0.05, 0.1) is 0 Å². The number of rotatable bonds is 5. The second-order valence-corrected chi connectivity index (χ2v) is 5.21. The molecule has 1 fully saturated rings. The Hall–Kier alpha value is -2.08. The van der Waals surface area contributed by atoms with Crippen molar-refractivity contribution in [1.29, 1.82) is 0 Å². The van der Waals surface area contributed by atoms with Crippen molar-refractivity contribution >= 4 is 17.6 Å². The molecule has 6 heteroatoms. The molecule has 1 aliphatic rings. The molecular weight excluding hydrogens is 268 g/mol. The van der Waals surface area contributed by atoms with Crippen LogP contribution in [0.1, 0.15) is 30.1 Å². The van der Waals surface area contributed by atoms with E-state index in [9.17, 15) is 9.59 Å². The number of hydrogen-bond acceptors (Lipinski definition) is 3. The van der Waals surface area contributed by atoms with Gasteiger partial charge in [0.25, 0.3) is 5.91 Å². The molecule has 0 radical (unpaired) electrons. The number of nitrogens with two attached hydrogens (primary N) is 1. The van der Waals surface area contributed by atoms with E-state index in [1.807, 2.05) is 4.90 Å². The molecule has 1 atom stereocenters. The summed E-state index contributed by atoms with van der Waals surface area (Å²) >= 11 is 0. The van der Waals surface area contributed by atoms with Crippen molar-refractivity contribution in [2.75, 3.05) is 25.0 Å². The summed E-state index contributed by atoms with van der Waals surface area (Å²) in [5, 5.41) is 5.78. The second-order valence-electron chi connectivity index (χ2n) is 5.21. The highest BCUT2D eigenvalue weighted by Gasteiger charge is 2.26. The van der Waals surface area contributed by atoms with Gasteiger partial charge < -0.3 is 21.3 Å². The summed E-state index contributed by atoms with van der Waals surface area (Å²) in [4.78, 5) is 25.4. The standard InChI is InChI=1S/C15H22N4O2/c1-2-9-19(13-7-8-17-10-13)14(20)11-3-5-12(6-4-11)18-15(16)21/h3-6,13,17H,2,7-10H2,1H3,(H3,16,18,21). The van der Waals surface area contributed by atoms with Crippen molar-refractivity contribution in [2.24, 2.45) is 5.73 Å². The van der Waals surface area contributed by atoms with Crippen molar-refractivity contribution < 1.29 is 9.59 Å². The van der Waals surface area contributed by atoms with Gasteiger partial charge in [0.15, 0.2) is 0 Å². The fraction of sp³-hybridized carbons (Fsp3) is 0.467. The highest BCUT2D eigenvalue weighted by Crippen LogP contribution is 2.16. The van der Waals surface area contributed by atoms with Gasteiger partial charge >= 0.3 is 6.03 Å². The summed E-state index contributed by atoms with van der Waals surface area (Å²) < 4.78 is 0. The van der Waals surface area contributed by atoms with Crippen LogP contribution >= 0.6 is 0 Å². The van der Waals surface area contributed by atoms with E-state index in [1.165, 1.54) is 0 Å². The van der Waals surface area contributed by atoms with Crippen LogP contribution in [-0.2, 0) is 0 Å². The van der Waals surface area contributed by atoms with Gasteiger partial charge in [0.1, 0.15) is 0 Å². The number of carbonyl (C=O) groups excluding carboxylic acids is 2. The minimum atomic E-state index is -0.612. The SMILES string of the molecule is CCCN(C(=O)c1ccc(NC(N)=O)cc1)C1CCNC1. The quantitative estimate of drug-likeness (QED) is 0.766. The number of anilines is 1. The topological polar surface area (TPSA) is 87.5 Å². The lowest BCUT2D eigenvalue weighted by atomic mass is 10.1. The average molecular weight is 290 g/mol. The molecule has 2 rings (SSSR count). The summed E-state index contributed by atoms with van der Waals surface area (Å²) in [7, 11) is 0. The maximum absolute atomic E-state index is 12.6. The molecule has 21 heavy (non-hydrogen) atoms. The van der Waals surface area contributed by atoms with Crippen LogP contribution in [0.3, 0.4) is 0 Å². The molecule has 1 aromatic rings. The molecule has 4 N–H and O–H groups in total.